The van der Waals surface area contributed by atoms with E-state index in [9.17, 15) is 13.2 Å². The third-order valence-electron chi connectivity index (χ3n) is 1.54. The maximum Gasteiger partial charge on any atom is 0.307 e. The van der Waals surface area contributed by atoms with Crippen molar-refractivity contribution in [2.75, 3.05) is 25.9 Å². The average molecular weight is 224 g/mol. The molecule has 0 saturated heterocycles. The molecule has 14 heavy (non-hydrogen) atoms. The van der Waals surface area contributed by atoms with Crippen LogP contribution < -0.4 is 10.0 Å². The molecule has 84 valence electrons. The van der Waals surface area contributed by atoms with Crippen LogP contribution in [0.3, 0.4) is 0 Å². The van der Waals surface area contributed by atoms with Crippen LogP contribution in [0.2, 0.25) is 0 Å². The highest BCUT2D eigenvalue weighted by molar-refractivity contribution is 7.88. The van der Waals surface area contributed by atoms with Crippen LogP contribution >= 0.6 is 0 Å². The third-order valence-corrected chi connectivity index (χ3v) is 2.27. The maximum absolute atomic E-state index is 10.6. The Morgan fingerprint density at radius 2 is 2.00 bits per heavy atom. The van der Waals surface area contributed by atoms with Crippen molar-refractivity contribution in [3.8, 4) is 0 Å². The number of hydrogen-bond acceptors (Lipinski definition) is 4. The minimum absolute atomic E-state index is 0.269. The summed E-state index contributed by atoms with van der Waals surface area (Å²) in [5.41, 5.74) is 0. The Balaban J connectivity index is 3.44. The molecule has 0 amide bonds. The van der Waals surface area contributed by atoms with Crippen molar-refractivity contribution in [2.45, 2.75) is 6.92 Å². The molecule has 6 nitrogen and oxygen atoms in total. The van der Waals surface area contributed by atoms with Gasteiger partial charge < -0.3 is 10.4 Å². The van der Waals surface area contributed by atoms with Crippen molar-refractivity contribution < 1.29 is 18.3 Å². The molecule has 3 N–H and O–H groups in total. The van der Waals surface area contributed by atoms with Crippen LogP contribution in [0.15, 0.2) is 0 Å². The van der Waals surface area contributed by atoms with Gasteiger partial charge in [0.1, 0.15) is 0 Å². The lowest BCUT2D eigenvalue weighted by atomic mass is 10.2. The first-order valence-corrected chi connectivity index (χ1v) is 6.10. The second-order valence-corrected chi connectivity index (χ2v) is 4.94. The Bertz CT molecular complexity index is 275. The van der Waals surface area contributed by atoms with Gasteiger partial charge in [0.05, 0.1) is 12.2 Å². The second-order valence-electron chi connectivity index (χ2n) is 3.11. The van der Waals surface area contributed by atoms with E-state index in [1.165, 1.54) is 0 Å². The van der Waals surface area contributed by atoms with E-state index in [4.69, 9.17) is 5.11 Å². The molecule has 0 aliphatic carbocycles. The van der Waals surface area contributed by atoms with E-state index in [1.807, 2.05) is 0 Å². The van der Waals surface area contributed by atoms with Gasteiger partial charge in [-0.1, -0.05) is 6.92 Å². The van der Waals surface area contributed by atoms with E-state index in [0.29, 0.717) is 13.1 Å². The zero-order valence-corrected chi connectivity index (χ0v) is 9.10. The fourth-order valence-corrected chi connectivity index (χ4v) is 1.20. The van der Waals surface area contributed by atoms with Crippen molar-refractivity contribution in [1.82, 2.24) is 10.0 Å². The van der Waals surface area contributed by atoms with Gasteiger partial charge in [-0.05, 0) is 0 Å². The number of carboxylic acids is 1. The van der Waals surface area contributed by atoms with Crippen LogP contribution in [-0.2, 0) is 14.8 Å². The summed E-state index contributed by atoms with van der Waals surface area (Å²) in [6.07, 6.45) is 1.08. The SMILES string of the molecule is CC(CNCCNS(C)(=O)=O)C(=O)O. The molecule has 7 heteroatoms. The molecule has 0 saturated carbocycles. The summed E-state index contributed by atoms with van der Waals surface area (Å²) in [5.74, 6) is -1.33. The highest BCUT2D eigenvalue weighted by Crippen LogP contribution is 1.90. The number of nitrogens with one attached hydrogen (secondary N) is 2. The molecule has 0 aliphatic heterocycles. The molecule has 0 aromatic rings. The van der Waals surface area contributed by atoms with Gasteiger partial charge in [-0.25, -0.2) is 13.1 Å². The van der Waals surface area contributed by atoms with E-state index in [2.05, 4.69) is 10.0 Å². The topological polar surface area (TPSA) is 95.5 Å². The summed E-state index contributed by atoms with van der Waals surface area (Å²) in [6.45, 7) is 2.61. The quantitative estimate of drug-likeness (QED) is 0.474. The predicted molar refractivity (Wildman–Crippen MR) is 52.5 cm³/mol. The lowest BCUT2D eigenvalue weighted by Crippen LogP contribution is -2.34. The lowest BCUT2D eigenvalue weighted by molar-refractivity contribution is -0.140. The number of hydrogen-bond donors (Lipinski definition) is 3. The highest BCUT2D eigenvalue weighted by atomic mass is 32.2. The normalized spacial score (nSPS) is 13.9. The molecule has 0 aromatic carbocycles. The van der Waals surface area contributed by atoms with Gasteiger partial charge in [-0.2, -0.15) is 0 Å². The summed E-state index contributed by atoms with van der Waals surface area (Å²) in [7, 11) is -3.15. The molecule has 0 radical (unpaired) electrons. The van der Waals surface area contributed by atoms with Crippen LogP contribution in [0.4, 0.5) is 0 Å². The van der Waals surface area contributed by atoms with Gasteiger partial charge in [0.2, 0.25) is 10.0 Å². The molecular formula is C7H16N2O4S. The first kappa shape index (κ1) is 13.3. The zero-order valence-electron chi connectivity index (χ0n) is 8.28. The largest absolute Gasteiger partial charge is 0.481 e. The number of carboxylic acid groups (broad SMARTS) is 1. The monoisotopic (exact) mass is 224 g/mol. The average Bonchev–Trinajstić information content (AvgIpc) is 2.01. The van der Waals surface area contributed by atoms with Gasteiger partial charge in [-0.15, -0.1) is 0 Å². The summed E-state index contributed by atoms with van der Waals surface area (Å²) < 4.78 is 23.5. The molecule has 0 rings (SSSR count). The minimum atomic E-state index is -3.15. The van der Waals surface area contributed by atoms with E-state index in [-0.39, 0.29) is 6.54 Å². The predicted octanol–water partition coefficient (Wildman–Crippen LogP) is -1.15. The van der Waals surface area contributed by atoms with Crippen LogP contribution in [0.5, 0.6) is 0 Å². The Hall–Kier alpha value is -0.660. The van der Waals surface area contributed by atoms with Gasteiger partial charge in [0.25, 0.3) is 0 Å². The summed E-state index contributed by atoms with van der Waals surface area (Å²) in [5, 5.41) is 11.3. The Labute approximate surface area is 83.7 Å². The summed E-state index contributed by atoms with van der Waals surface area (Å²) >= 11 is 0. The fourth-order valence-electron chi connectivity index (χ4n) is 0.731. The van der Waals surface area contributed by atoms with Crippen LogP contribution in [0.1, 0.15) is 6.92 Å². The fraction of sp³-hybridized carbons (Fsp3) is 0.857. The first-order chi connectivity index (χ1) is 6.33. The second kappa shape index (κ2) is 5.94. The Morgan fingerprint density at radius 3 is 2.43 bits per heavy atom. The third kappa shape index (κ3) is 7.96. The molecular weight excluding hydrogens is 208 g/mol. The highest BCUT2D eigenvalue weighted by Gasteiger charge is 2.09. The molecule has 0 aromatic heterocycles. The Kier molecular flexibility index (Phi) is 5.66. The number of sulfonamides is 1. The molecule has 1 atom stereocenters. The molecule has 0 heterocycles. The smallest absolute Gasteiger partial charge is 0.307 e. The summed E-state index contributed by atoms with van der Waals surface area (Å²) in [4.78, 5) is 10.4. The van der Waals surface area contributed by atoms with E-state index < -0.39 is 21.9 Å². The van der Waals surface area contributed by atoms with Gasteiger partial charge in [0.15, 0.2) is 0 Å². The van der Waals surface area contributed by atoms with Crippen LogP contribution in [0, 0.1) is 5.92 Å². The molecule has 0 spiro atoms. The minimum Gasteiger partial charge on any atom is -0.481 e. The number of carbonyl (C=O) groups is 1. The molecule has 0 bridgehead atoms. The lowest BCUT2D eigenvalue weighted by Gasteiger charge is -2.07. The zero-order chi connectivity index (χ0) is 11.2. The van der Waals surface area contributed by atoms with Crippen molar-refractivity contribution in [1.29, 1.82) is 0 Å². The maximum atomic E-state index is 10.6. The van der Waals surface area contributed by atoms with Crippen molar-refractivity contribution >= 4 is 16.0 Å². The van der Waals surface area contributed by atoms with Crippen LogP contribution in [0.25, 0.3) is 0 Å². The van der Waals surface area contributed by atoms with Gasteiger partial charge in [-0.3, -0.25) is 4.79 Å². The Morgan fingerprint density at radius 1 is 1.43 bits per heavy atom. The number of rotatable bonds is 7. The summed E-state index contributed by atoms with van der Waals surface area (Å²) in [6, 6.07) is 0. The van der Waals surface area contributed by atoms with E-state index >= 15 is 0 Å². The molecule has 1 unspecified atom stereocenters. The first-order valence-electron chi connectivity index (χ1n) is 4.21. The molecule has 0 aliphatic rings. The van der Waals surface area contributed by atoms with Crippen LogP contribution in [-0.4, -0.2) is 45.4 Å². The van der Waals surface area contributed by atoms with Crippen molar-refractivity contribution in [3.63, 3.8) is 0 Å². The number of aliphatic carboxylic acids is 1. The van der Waals surface area contributed by atoms with Gasteiger partial charge in [0, 0.05) is 19.6 Å². The van der Waals surface area contributed by atoms with Gasteiger partial charge >= 0.3 is 5.97 Å². The van der Waals surface area contributed by atoms with Crippen molar-refractivity contribution in [2.24, 2.45) is 5.92 Å². The van der Waals surface area contributed by atoms with Crippen molar-refractivity contribution in [3.05, 3.63) is 0 Å². The standard InChI is InChI=1S/C7H16N2O4S/c1-6(7(10)11)5-8-3-4-9-14(2,12)13/h6,8-9H,3-5H2,1-2H3,(H,10,11). The molecule has 0 fully saturated rings. The van der Waals surface area contributed by atoms with E-state index in [0.717, 1.165) is 6.26 Å². The van der Waals surface area contributed by atoms with E-state index in [1.54, 1.807) is 6.92 Å².